The zero-order valence-corrected chi connectivity index (χ0v) is 12.0. The summed E-state index contributed by atoms with van der Waals surface area (Å²) in [6, 6.07) is 12.7. The topological polar surface area (TPSA) is 0 Å². The Balaban J connectivity index is 2.26. The molecule has 0 fully saturated rings. The van der Waals surface area contributed by atoms with E-state index in [-0.39, 0.29) is 5.38 Å². The maximum absolute atomic E-state index is 6.62. The lowest BCUT2D eigenvalue weighted by molar-refractivity contribution is 0.731. The van der Waals surface area contributed by atoms with Gasteiger partial charge in [-0.15, -0.1) is 22.9 Å². The molecule has 0 nitrogen and oxygen atoms in total. The van der Waals surface area contributed by atoms with Crippen LogP contribution in [0.3, 0.4) is 0 Å². The smallest absolute Gasteiger partial charge is 0.0661 e. The van der Waals surface area contributed by atoms with Gasteiger partial charge < -0.3 is 0 Å². The first kappa shape index (κ1) is 12.7. The van der Waals surface area contributed by atoms with Gasteiger partial charge in [-0.1, -0.05) is 37.3 Å². The minimum absolute atomic E-state index is 0.0577. The standard InChI is InChI=1S/C15H17ClS/c1-10-9-14(12(3)17-10)15(16)11(2)13-7-5-4-6-8-13/h4-9,11,15H,1-3H3. The van der Waals surface area contributed by atoms with E-state index in [1.54, 1.807) is 0 Å². The van der Waals surface area contributed by atoms with Gasteiger partial charge in [0.05, 0.1) is 5.38 Å². The number of halogens is 1. The molecule has 1 aromatic carbocycles. The fraction of sp³-hybridized carbons (Fsp3) is 0.333. The van der Waals surface area contributed by atoms with Crippen LogP contribution in [0.1, 0.15) is 39.1 Å². The van der Waals surface area contributed by atoms with Crippen molar-refractivity contribution in [3.05, 3.63) is 57.3 Å². The van der Waals surface area contributed by atoms with E-state index in [2.05, 4.69) is 51.1 Å². The van der Waals surface area contributed by atoms with E-state index in [9.17, 15) is 0 Å². The van der Waals surface area contributed by atoms with Crippen molar-refractivity contribution in [2.24, 2.45) is 0 Å². The van der Waals surface area contributed by atoms with Gasteiger partial charge in [0.2, 0.25) is 0 Å². The summed E-state index contributed by atoms with van der Waals surface area (Å²) in [4.78, 5) is 2.67. The first-order chi connectivity index (χ1) is 8.09. The van der Waals surface area contributed by atoms with Gasteiger partial charge in [0.25, 0.3) is 0 Å². The quantitative estimate of drug-likeness (QED) is 0.647. The Morgan fingerprint density at radius 3 is 2.29 bits per heavy atom. The van der Waals surface area contributed by atoms with Gasteiger partial charge >= 0.3 is 0 Å². The van der Waals surface area contributed by atoms with Crippen LogP contribution < -0.4 is 0 Å². The molecule has 0 aliphatic rings. The van der Waals surface area contributed by atoms with Gasteiger partial charge in [-0.25, -0.2) is 0 Å². The molecule has 0 N–H and O–H groups in total. The van der Waals surface area contributed by atoms with Crippen molar-refractivity contribution in [1.29, 1.82) is 0 Å². The second-order valence-electron chi connectivity index (χ2n) is 4.47. The van der Waals surface area contributed by atoms with Crippen LogP contribution >= 0.6 is 22.9 Å². The van der Waals surface area contributed by atoms with E-state index in [0.29, 0.717) is 5.92 Å². The van der Waals surface area contributed by atoms with Crippen molar-refractivity contribution in [1.82, 2.24) is 0 Å². The van der Waals surface area contributed by atoms with Crippen LogP contribution in [0.15, 0.2) is 36.4 Å². The van der Waals surface area contributed by atoms with Crippen LogP contribution in [0, 0.1) is 13.8 Å². The third-order valence-electron chi connectivity index (χ3n) is 3.14. The predicted molar refractivity (Wildman–Crippen MR) is 77.2 cm³/mol. The molecule has 0 aliphatic heterocycles. The van der Waals surface area contributed by atoms with Crippen molar-refractivity contribution in [3.8, 4) is 0 Å². The molecule has 90 valence electrons. The minimum Gasteiger partial charge on any atom is -0.146 e. The maximum atomic E-state index is 6.62. The summed E-state index contributed by atoms with van der Waals surface area (Å²) in [6.45, 7) is 6.48. The van der Waals surface area contributed by atoms with Gasteiger partial charge in [-0.2, -0.15) is 0 Å². The highest BCUT2D eigenvalue weighted by atomic mass is 35.5. The molecule has 2 rings (SSSR count). The second kappa shape index (κ2) is 5.24. The maximum Gasteiger partial charge on any atom is 0.0661 e. The SMILES string of the molecule is Cc1cc(C(Cl)C(C)c2ccccc2)c(C)s1. The average Bonchev–Trinajstić information content (AvgIpc) is 2.68. The molecule has 0 bridgehead atoms. The third-order valence-corrected chi connectivity index (χ3v) is 4.74. The lowest BCUT2D eigenvalue weighted by Crippen LogP contribution is -2.02. The average molecular weight is 265 g/mol. The number of rotatable bonds is 3. The number of aryl methyl sites for hydroxylation is 2. The van der Waals surface area contributed by atoms with Crippen LogP contribution in [0.2, 0.25) is 0 Å². The molecule has 2 unspecified atom stereocenters. The van der Waals surface area contributed by atoms with Gasteiger partial charge in [0, 0.05) is 15.7 Å². The van der Waals surface area contributed by atoms with E-state index in [0.717, 1.165) is 0 Å². The molecule has 17 heavy (non-hydrogen) atoms. The first-order valence-corrected chi connectivity index (χ1v) is 7.11. The number of alkyl halides is 1. The van der Waals surface area contributed by atoms with Gasteiger partial charge in [0.15, 0.2) is 0 Å². The predicted octanol–water partition coefficient (Wildman–Crippen LogP) is 5.45. The van der Waals surface area contributed by atoms with Crippen LogP contribution in [-0.2, 0) is 0 Å². The van der Waals surface area contributed by atoms with Gasteiger partial charge in [0.1, 0.15) is 0 Å². The Morgan fingerprint density at radius 1 is 1.12 bits per heavy atom. The molecule has 1 heterocycles. The highest BCUT2D eigenvalue weighted by Gasteiger charge is 2.21. The van der Waals surface area contributed by atoms with E-state index in [4.69, 9.17) is 11.6 Å². The molecule has 0 spiro atoms. The minimum atomic E-state index is 0.0577. The number of hydrogen-bond acceptors (Lipinski definition) is 1. The Hall–Kier alpha value is -0.790. The summed E-state index contributed by atoms with van der Waals surface area (Å²) in [5, 5.41) is 0.0577. The van der Waals surface area contributed by atoms with Crippen molar-refractivity contribution >= 4 is 22.9 Å². The summed E-state index contributed by atoms with van der Waals surface area (Å²) < 4.78 is 0. The lowest BCUT2D eigenvalue weighted by atomic mass is 9.93. The number of hydrogen-bond donors (Lipinski definition) is 0. The van der Waals surface area contributed by atoms with E-state index < -0.39 is 0 Å². The van der Waals surface area contributed by atoms with Gasteiger partial charge in [-0.3, -0.25) is 0 Å². The Bertz CT molecular complexity index is 487. The fourth-order valence-corrected chi connectivity index (χ4v) is 3.53. The van der Waals surface area contributed by atoms with Crippen LogP contribution in [-0.4, -0.2) is 0 Å². The molecule has 0 amide bonds. The molecule has 0 saturated heterocycles. The van der Waals surface area contributed by atoms with Crippen LogP contribution in [0.4, 0.5) is 0 Å². The summed E-state index contributed by atoms with van der Waals surface area (Å²) in [5.74, 6) is 0.338. The lowest BCUT2D eigenvalue weighted by Gasteiger charge is -2.18. The van der Waals surface area contributed by atoms with Crippen molar-refractivity contribution < 1.29 is 0 Å². The van der Waals surface area contributed by atoms with E-state index in [1.807, 2.05) is 17.4 Å². The van der Waals surface area contributed by atoms with Crippen LogP contribution in [0.25, 0.3) is 0 Å². The molecular weight excluding hydrogens is 248 g/mol. The number of benzene rings is 1. The van der Waals surface area contributed by atoms with E-state index >= 15 is 0 Å². The Kier molecular flexibility index (Phi) is 3.90. The van der Waals surface area contributed by atoms with Crippen molar-refractivity contribution in [2.75, 3.05) is 0 Å². The Morgan fingerprint density at radius 2 is 1.76 bits per heavy atom. The Labute approximate surface area is 112 Å². The molecule has 2 aromatic rings. The first-order valence-electron chi connectivity index (χ1n) is 5.85. The normalized spacial score (nSPS) is 14.6. The molecule has 2 heteroatoms. The second-order valence-corrected chi connectivity index (χ2v) is 6.40. The summed E-state index contributed by atoms with van der Waals surface area (Å²) >= 11 is 8.44. The number of thiophene rings is 1. The largest absolute Gasteiger partial charge is 0.146 e. The zero-order chi connectivity index (χ0) is 12.4. The molecule has 0 radical (unpaired) electrons. The van der Waals surface area contributed by atoms with E-state index in [1.165, 1.54) is 20.9 Å². The molecule has 0 aliphatic carbocycles. The monoisotopic (exact) mass is 264 g/mol. The van der Waals surface area contributed by atoms with Crippen molar-refractivity contribution in [3.63, 3.8) is 0 Å². The summed E-state index contributed by atoms with van der Waals surface area (Å²) in [5.41, 5.74) is 2.58. The van der Waals surface area contributed by atoms with Crippen LogP contribution in [0.5, 0.6) is 0 Å². The highest BCUT2D eigenvalue weighted by molar-refractivity contribution is 7.12. The molecule has 2 atom stereocenters. The fourth-order valence-electron chi connectivity index (χ4n) is 2.12. The highest BCUT2D eigenvalue weighted by Crippen LogP contribution is 2.39. The summed E-state index contributed by atoms with van der Waals surface area (Å²) in [7, 11) is 0. The molecule has 0 saturated carbocycles. The summed E-state index contributed by atoms with van der Waals surface area (Å²) in [6.07, 6.45) is 0. The van der Waals surface area contributed by atoms with Crippen molar-refractivity contribution in [2.45, 2.75) is 32.1 Å². The third kappa shape index (κ3) is 2.72. The van der Waals surface area contributed by atoms with Gasteiger partial charge in [-0.05, 0) is 31.0 Å². The molecular formula is C15H17ClS. The molecule has 1 aromatic heterocycles. The zero-order valence-electron chi connectivity index (χ0n) is 10.4.